The van der Waals surface area contributed by atoms with Gasteiger partial charge in [0, 0.05) is 3.57 Å². The molecule has 0 saturated carbocycles. The van der Waals surface area contributed by atoms with E-state index in [1.54, 1.807) is 0 Å². The maximum Gasteiger partial charge on any atom is 0.337 e. The number of benzene rings is 1. The third-order valence-corrected chi connectivity index (χ3v) is 2.96. The molecule has 0 aliphatic carbocycles. The second-order valence-corrected chi connectivity index (χ2v) is 3.79. The van der Waals surface area contributed by atoms with Crippen molar-refractivity contribution in [3.63, 3.8) is 0 Å². The third-order valence-electron chi connectivity index (χ3n) is 1.40. The van der Waals surface area contributed by atoms with Gasteiger partial charge in [0.25, 0.3) is 0 Å². The topological polar surface area (TPSA) is 26.3 Å². The molecule has 0 heterocycles. The van der Waals surface area contributed by atoms with E-state index in [-0.39, 0.29) is 10.6 Å². The Morgan fingerprint density at radius 1 is 1.62 bits per heavy atom. The summed E-state index contributed by atoms with van der Waals surface area (Å²) in [5.41, 5.74) is 0.161. The summed E-state index contributed by atoms with van der Waals surface area (Å²) in [6, 6.07) is 2.52. The zero-order valence-electron chi connectivity index (χ0n) is 6.61. The van der Waals surface area contributed by atoms with E-state index in [1.807, 2.05) is 22.6 Å². The zero-order valence-corrected chi connectivity index (χ0v) is 9.52. The minimum absolute atomic E-state index is 0.0215. The van der Waals surface area contributed by atoms with E-state index < -0.39 is 11.8 Å². The number of rotatable bonds is 1. The summed E-state index contributed by atoms with van der Waals surface area (Å²) >= 11 is 7.41. The van der Waals surface area contributed by atoms with Crippen LogP contribution in [0.3, 0.4) is 0 Å². The smallest absolute Gasteiger partial charge is 0.337 e. The number of carbonyl (C=O) groups excluding carboxylic acids is 1. The largest absolute Gasteiger partial charge is 0.465 e. The summed E-state index contributed by atoms with van der Waals surface area (Å²) in [5.74, 6) is -1.19. The molecule has 1 rings (SSSR count). The van der Waals surface area contributed by atoms with Crippen LogP contribution >= 0.6 is 34.2 Å². The van der Waals surface area contributed by atoms with Crippen LogP contribution in [0.2, 0.25) is 5.02 Å². The van der Waals surface area contributed by atoms with Crippen molar-refractivity contribution in [1.82, 2.24) is 0 Å². The predicted octanol–water partition coefficient (Wildman–Crippen LogP) is 2.87. The molecular formula is C8H5ClFIO2. The molecule has 0 radical (unpaired) electrons. The van der Waals surface area contributed by atoms with E-state index in [0.29, 0.717) is 3.57 Å². The van der Waals surface area contributed by atoms with Crippen molar-refractivity contribution in [2.75, 3.05) is 7.11 Å². The van der Waals surface area contributed by atoms with Crippen LogP contribution in [0, 0.1) is 9.39 Å². The summed E-state index contributed by atoms with van der Waals surface area (Å²) in [7, 11) is 1.24. The molecule has 0 aromatic heterocycles. The van der Waals surface area contributed by atoms with Gasteiger partial charge in [0.2, 0.25) is 0 Å². The van der Waals surface area contributed by atoms with Crippen molar-refractivity contribution in [2.45, 2.75) is 0 Å². The minimum Gasteiger partial charge on any atom is -0.465 e. The summed E-state index contributed by atoms with van der Waals surface area (Å²) < 4.78 is 17.9. The Labute approximate surface area is 93.2 Å². The molecule has 0 unspecified atom stereocenters. The molecule has 1 aromatic rings. The number of hydrogen-bond acceptors (Lipinski definition) is 2. The Balaban J connectivity index is 3.20. The Hall–Kier alpha value is -0.360. The molecule has 1 aromatic carbocycles. The van der Waals surface area contributed by atoms with Crippen LogP contribution in [0.1, 0.15) is 10.4 Å². The standard InChI is InChI=1S/C8H5ClFIO2/c1-13-8(12)4-2-5(10)7(9)6(11)3-4/h2-3H,1H3. The van der Waals surface area contributed by atoms with Crippen molar-refractivity contribution in [3.05, 3.63) is 32.1 Å². The van der Waals surface area contributed by atoms with Gasteiger partial charge in [0.05, 0.1) is 17.7 Å². The average molecular weight is 314 g/mol. The fourth-order valence-corrected chi connectivity index (χ4v) is 1.49. The van der Waals surface area contributed by atoms with Gasteiger partial charge in [-0.2, -0.15) is 0 Å². The number of ether oxygens (including phenoxy) is 1. The normalized spacial score (nSPS) is 9.85. The van der Waals surface area contributed by atoms with Crippen LogP contribution in [0.15, 0.2) is 12.1 Å². The molecule has 70 valence electrons. The number of halogens is 3. The number of methoxy groups -OCH3 is 1. The van der Waals surface area contributed by atoms with E-state index in [1.165, 1.54) is 13.2 Å². The van der Waals surface area contributed by atoms with E-state index >= 15 is 0 Å². The highest BCUT2D eigenvalue weighted by Gasteiger charge is 2.12. The van der Waals surface area contributed by atoms with Gasteiger partial charge < -0.3 is 4.74 Å². The molecule has 0 saturated heterocycles. The van der Waals surface area contributed by atoms with Gasteiger partial charge >= 0.3 is 5.97 Å². The Bertz CT molecular complexity index is 331. The number of esters is 1. The lowest BCUT2D eigenvalue weighted by Gasteiger charge is -2.02. The lowest BCUT2D eigenvalue weighted by atomic mass is 10.2. The monoisotopic (exact) mass is 314 g/mol. The van der Waals surface area contributed by atoms with Gasteiger partial charge in [-0.15, -0.1) is 0 Å². The fourth-order valence-electron chi connectivity index (χ4n) is 0.791. The molecule has 0 atom stereocenters. The molecule has 0 aliphatic rings. The molecule has 0 N–H and O–H groups in total. The second-order valence-electron chi connectivity index (χ2n) is 2.25. The van der Waals surface area contributed by atoms with Crippen LogP contribution in [-0.2, 0) is 4.74 Å². The second kappa shape index (κ2) is 4.23. The molecule has 0 aliphatic heterocycles. The summed E-state index contributed by atoms with van der Waals surface area (Å²) in [6.07, 6.45) is 0. The third kappa shape index (κ3) is 2.31. The minimum atomic E-state index is -0.617. The zero-order chi connectivity index (χ0) is 10.0. The molecule has 0 bridgehead atoms. The summed E-state index contributed by atoms with van der Waals surface area (Å²) in [6.45, 7) is 0. The van der Waals surface area contributed by atoms with Gasteiger partial charge in [0.15, 0.2) is 0 Å². The first-order valence-electron chi connectivity index (χ1n) is 3.29. The predicted molar refractivity (Wildman–Crippen MR) is 55.5 cm³/mol. The fraction of sp³-hybridized carbons (Fsp3) is 0.125. The van der Waals surface area contributed by atoms with Crippen LogP contribution in [0.5, 0.6) is 0 Å². The molecular weight excluding hydrogens is 309 g/mol. The van der Waals surface area contributed by atoms with Crippen LogP contribution in [0.25, 0.3) is 0 Å². The van der Waals surface area contributed by atoms with Gasteiger partial charge in [-0.05, 0) is 34.7 Å². The summed E-state index contributed by atoms with van der Waals surface area (Å²) in [4.78, 5) is 11.0. The lowest BCUT2D eigenvalue weighted by molar-refractivity contribution is 0.0600. The van der Waals surface area contributed by atoms with Gasteiger partial charge in [-0.1, -0.05) is 11.6 Å². The van der Waals surface area contributed by atoms with Crippen molar-refractivity contribution >= 4 is 40.2 Å². The highest BCUT2D eigenvalue weighted by molar-refractivity contribution is 14.1. The number of carbonyl (C=O) groups is 1. The first-order chi connectivity index (χ1) is 6.06. The Morgan fingerprint density at radius 2 is 2.23 bits per heavy atom. The van der Waals surface area contributed by atoms with Crippen LogP contribution < -0.4 is 0 Å². The van der Waals surface area contributed by atoms with E-state index in [2.05, 4.69) is 4.74 Å². The van der Waals surface area contributed by atoms with Crippen LogP contribution in [0.4, 0.5) is 4.39 Å². The molecule has 13 heavy (non-hydrogen) atoms. The van der Waals surface area contributed by atoms with E-state index in [4.69, 9.17) is 11.6 Å². The summed E-state index contributed by atoms with van der Waals surface area (Å²) in [5, 5.41) is 0.0215. The molecule has 0 fully saturated rings. The molecule has 0 amide bonds. The molecule has 2 nitrogen and oxygen atoms in total. The Morgan fingerprint density at radius 3 is 2.69 bits per heavy atom. The quantitative estimate of drug-likeness (QED) is 0.453. The highest BCUT2D eigenvalue weighted by Crippen LogP contribution is 2.23. The Kier molecular flexibility index (Phi) is 3.49. The lowest BCUT2D eigenvalue weighted by Crippen LogP contribution is -2.02. The molecule has 5 heteroatoms. The SMILES string of the molecule is COC(=O)c1cc(F)c(Cl)c(I)c1. The van der Waals surface area contributed by atoms with Crippen molar-refractivity contribution in [1.29, 1.82) is 0 Å². The number of hydrogen-bond donors (Lipinski definition) is 0. The van der Waals surface area contributed by atoms with Crippen molar-refractivity contribution < 1.29 is 13.9 Å². The maximum absolute atomic E-state index is 13.0. The van der Waals surface area contributed by atoms with Gasteiger partial charge in [-0.3, -0.25) is 0 Å². The van der Waals surface area contributed by atoms with Crippen molar-refractivity contribution in [3.8, 4) is 0 Å². The first kappa shape index (κ1) is 10.7. The van der Waals surface area contributed by atoms with Gasteiger partial charge in [-0.25, -0.2) is 9.18 Å². The molecule has 0 spiro atoms. The highest BCUT2D eigenvalue weighted by atomic mass is 127. The van der Waals surface area contributed by atoms with Crippen molar-refractivity contribution in [2.24, 2.45) is 0 Å². The van der Waals surface area contributed by atoms with E-state index in [0.717, 1.165) is 6.07 Å². The van der Waals surface area contributed by atoms with Gasteiger partial charge in [0.1, 0.15) is 5.82 Å². The van der Waals surface area contributed by atoms with E-state index in [9.17, 15) is 9.18 Å². The first-order valence-corrected chi connectivity index (χ1v) is 4.74. The maximum atomic E-state index is 13.0. The van der Waals surface area contributed by atoms with Crippen LogP contribution in [-0.4, -0.2) is 13.1 Å². The average Bonchev–Trinajstić information content (AvgIpc) is 2.12.